The first kappa shape index (κ1) is 35.3. The summed E-state index contributed by atoms with van der Waals surface area (Å²) in [4.78, 5) is 2.45. The molecule has 12 rings (SSSR count). The van der Waals surface area contributed by atoms with Crippen LogP contribution in [0.4, 0.5) is 17.1 Å². The van der Waals surface area contributed by atoms with Crippen LogP contribution in [0.3, 0.4) is 0 Å². The molecule has 0 fully saturated rings. The van der Waals surface area contributed by atoms with E-state index in [0.29, 0.717) is 0 Å². The molecule has 0 aliphatic heterocycles. The zero-order valence-corrected chi connectivity index (χ0v) is 34.1. The van der Waals surface area contributed by atoms with E-state index in [1.807, 2.05) is 12.1 Å². The molecule has 10 aromatic carbocycles. The highest BCUT2D eigenvalue weighted by molar-refractivity contribution is 6.10. The van der Waals surface area contributed by atoms with Crippen molar-refractivity contribution < 1.29 is 4.42 Å². The van der Waals surface area contributed by atoms with Crippen LogP contribution >= 0.6 is 0 Å². The molecule has 0 bridgehead atoms. The van der Waals surface area contributed by atoms with Crippen LogP contribution < -0.4 is 4.90 Å². The van der Waals surface area contributed by atoms with Crippen LogP contribution in [0.5, 0.6) is 0 Å². The summed E-state index contributed by atoms with van der Waals surface area (Å²) in [6.45, 7) is 4.71. The fourth-order valence-corrected chi connectivity index (χ4v) is 9.98. The quantitative estimate of drug-likeness (QED) is 0.156. The van der Waals surface area contributed by atoms with Crippen LogP contribution in [0.15, 0.2) is 217 Å². The fraction of sp³-hybridized carbons (Fsp3) is 0.0508. The molecule has 0 atom stereocenters. The molecule has 1 aliphatic carbocycles. The summed E-state index contributed by atoms with van der Waals surface area (Å²) in [5.41, 5.74) is 17.2. The van der Waals surface area contributed by atoms with E-state index >= 15 is 0 Å². The van der Waals surface area contributed by atoms with Gasteiger partial charge in [0.2, 0.25) is 0 Å². The van der Waals surface area contributed by atoms with E-state index in [4.69, 9.17) is 4.42 Å². The average Bonchev–Trinajstić information content (AvgIpc) is 3.81. The van der Waals surface area contributed by atoms with Crippen molar-refractivity contribution in [1.29, 1.82) is 0 Å². The van der Waals surface area contributed by atoms with Crippen molar-refractivity contribution in [1.82, 2.24) is 0 Å². The van der Waals surface area contributed by atoms with Gasteiger partial charge in [0.05, 0.1) is 5.69 Å². The van der Waals surface area contributed by atoms with Gasteiger partial charge in [-0.05, 0) is 115 Å². The third-order valence-electron chi connectivity index (χ3n) is 13.1. The van der Waals surface area contributed by atoms with E-state index in [-0.39, 0.29) is 5.41 Å². The number of hydrogen-bond donors (Lipinski definition) is 0. The van der Waals surface area contributed by atoms with Crippen molar-refractivity contribution in [2.75, 3.05) is 4.90 Å². The Morgan fingerprint density at radius 1 is 0.361 bits per heavy atom. The molecular formula is C59H41NO. The van der Waals surface area contributed by atoms with Gasteiger partial charge >= 0.3 is 0 Å². The lowest BCUT2D eigenvalue weighted by Crippen LogP contribution is -2.17. The molecule has 1 aliphatic rings. The molecule has 0 spiro atoms. The number of nitrogens with zero attached hydrogens (tertiary/aromatic N) is 1. The van der Waals surface area contributed by atoms with Crippen molar-refractivity contribution in [3.8, 4) is 44.5 Å². The Kier molecular flexibility index (Phi) is 7.92. The molecule has 0 amide bonds. The lowest BCUT2D eigenvalue weighted by Gasteiger charge is -2.30. The Labute approximate surface area is 355 Å². The minimum Gasteiger partial charge on any atom is -0.455 e. The lowest BCUT2D eigenvalue weighted by molar-refractivity contribution is 0.660. The second-order valence-corrected chi connectivity index (χ2v) is 16.9. The van der Waals surface area contributed by atoms with Gasteiger partial charge in [0.15, 0.2) is 0 Å². The maximum atomic E-state index is 6.49. The molecule has 0 saturated carbocycles. The van der Waals surface area contributed by atoms with E-state index in [0.717, 1.165) is 55.7 Å². The predicted molar refractivity (Wildman–Crippen MR) is 257 cm³/mol. The third-order valence-corrected chi connectivity index (χ3v) is 13.1. The zero-order valence-electron chi connectivity index (χ0n) is 34.1. The molecule has 11 aromatic rings. The second kappa shape index (κ2) is 13.7. The molecule has 2 heteroatoms. The standard InChI is InChI=1S/C59H41NO/c1-59(2)54-21-10-8-17-49(54)50-33-31-45(37-55(50)59)60(44-29-25-40(26-30-44)48-19-12-20-52-51-18-9-11-22-57(51)61-58(48)52)56-34-28-42(36-53(56)38-13-4-3-5-14-38)41-27-32-47-43(35-41)24-23-39-15-6-7-16-46(39)47/h3-37H,1-2H3. The topological polar surface area (TPSA) is 16.4 Å². The Morgan fingerprint density at radius 2 is 0.984 bits per heavy atom. The maximum Gasteiger partial charge on any atom is 0.143 e. The predicted octanol–water partition coefficient (Wildman–Crippen LogP) is 16.7. The van der Waals surface area contributed by atoms with Crippen LogP contribution in [0.2, 0.25) is 0 Å². The minimum absolute atomic E-state index is 0.143. The van der Waals surface area contributed by atoms with Gasteiger partial charge in [-0.15, -0.1) is 0 Å². The van der Waals surface area contributed by atoms with E-state index < -0.39 is 0 Å². The summed E-state index contributed by atoms with van der Waals surface area (Å²) in [5.74, 6) is 0. The number of hydrogen-bond acceptors (Lipinski definition) is 2. The normalized spacial score (nSPS) is 12.9. The average molecular weight is 780 g/mol. The molecule has 0 saturated heterocycles. The molecular weight excluding hydrogens is 739 g/mol. The maximum absolute atomic E-state index is 6.49. The monoisotopic (exact) mass is 779 g/mol. The molecule has 2 nitrogen and oxygen atoms in total. The van der Waals surface area contributed by atoms with Crippen LogP contribution in [-0.2, 0) is 5.41 Å². The van der Waals surface area contributed by atoms with E-state index in [9.17, 15) is 0 Å². The summed E-state index contributed by atoms with van der Waals surface area (Å²) in [7, 11) is 0. The van der Waals surface area contributed by atoms with Gasteiger partial charge in [0, 0.05) is 38.7 Å². The number of benzene rings is 10. The van der Waals surface area contributed by atoms with Gasteiger partial charge in [-0.3, -0.25) is 0 Å². The third kappa shape index (κ3) is 5.64. The Balaban J connectivity index is 1.04. The highest BCUT2D eigenvalue weighted by Crippen LogP contribution is 2.52. The van der Waals surface area contributed by atoms with E-state index in [2.05, 4.69) is 219 Å². The van der Waals surface area contributed by atoms with Gasteiger partial charge in [-0.1, -0.05) is 178 Å². The van der Waals surface area contributed by atoms with E-state index in [1.165, 1.54) is 60.5 Å². The van der Waals surface area contributed by atoms with Crippen LogP contribution in [0, 0.1) is 0 Å². The van der Waals surface area contributed by atoms with Crippen molar-refractivity contribution in [2.24, 2.45) is 0 Å². The van der Waals surface area contributed by atoms with Crippen LogP contribution in [0.1, 0.15) is 25.0 Å². The van der Waals surface area contributed by atoms with Crippen LogP contribution in [0.25, 0.3) is 88.0 Å². The van der Waals surface area contributed by atoms with Gasteiger partial charge in [-0.25, -0.2) is 0 Å². The van der Waals surface area contributed by atoms with Crippen LogP contribution in [-0.4, -0.2) is 0 Å². The molecule has 1 heterocycles. The Morgan fingerprint density at radius 3 is 1.87 bits per heavy atom. The summed E-state index contributed by atoms with van der Waals surface area (Å²) in [6, 6.07) is 77.6. The number of fused-ring (bicyclic) bond motifs is 9. The van der Waals surface area contributed by atoms with Gasteiger partial charge in [0.1, 0.15) is 11.2 Å². The first-order valence-corrected chi connectivity index (χ1v) is 21.2. The molecule has 0 unspecified atom stereocenters. The molecule has 288 valence electrons. The number of anilines is 3. The molecule has 0 N–H and O–H groups in total. The molecule has 1 aromatic heterocycles. The first-order valence-electron chi connectivity index (χ1n) is 21.2. The van der Waals surface area contributed by atoms with E-state index in [1.54, 1.807) is 0 Å². The van der Waals surface area contributed by atoms with Crippen molar-refractivity contribution in [3.05, 3.63) is 223 Å². The number of rotatable bonds is 6. The smallest absolute Gasteiger partial charge is 0.143 e. The van der Waals surface area contributed by atoms with Crippen molar-refractivity contribution in [3.63, 3.8) is 0 Å². The lowest BCUT2D eigenvalue weighted by atomic mass is 9.82. The second-order valence-electron chi connectivity index (χ2n) is 16.9. The Bertz CT molecular complexity index is 3500. The van der Waals surface area contributed by atoms with Gasteiger partial charge < -0.3 is 9.32 Å². The number of para-hydroxylation sites is 2. The SMILES string of the molecule is CC1(C)c2ccccc2-c2ccc(N(c3ccc(-c4cccc5c4oc4ccccc45)cc3)c3ccc(-c4ccc5c(ccc6ccccc65)c4)cc3-c3ccccc3)cc21. The minimum atomic E-state index is -0.143. The number of furan rings is 1. The summed E-state index contributed by atoms with van der Waals surface area (Å²) >= 11 is 0. The highest BCUT2D eigenvalue weighted by Gasteiger charge is 2.36. The summed E-state index contributed by atoms with van der Waals surface area (Å²) < 4.78 is 6.49. The summed E-state index contributed by atoms with van der Waals surface area (Å²) in [6.07, 6.45) is 0. The fourth-order valence-electron chi connectivity index (χ4n) is 9.98. The zero-order chi connectivity index (χ0) is 40.7. The molecule has 61 heavy (non-hydrogen) atoms. The highest BCUT2D eigenvalue weighted by atomic mass is 16.3. The largest absolute Gasteiger partial charge is 0.455 e. The summed E-state index contributed by atoms with van der Waals surface area (Å²) in [5, 5.41) is 7.32. The first-order chi connectivity index (χ1) is 30.0. The van der Waals surface area contributed by atoms with Crippen molar-refractivity contribution >= 4 is 60.5 Å². The van der Waals surface area contributed by atoms with Crippen molar-refractivity contribution in [2.45, 2.75) is 19.3 Å². The molecule has 0 radical (unpaired) electrons. The van der Waals surface area contributed by atoms with Gasteiger partial charge in [0.25, 0.3) is 0 Å². The van der Waals surface area contributed by atoms with Gasteiger partial charge in [-0.2, -0.15) is 0 Å². The Hall–Kier alpha value is -7.68.